The van der Waals surface area contributed by atoms with Gasteiger partial charge < -0.3 is 16.0 Å². The number of nitrogens with one attached hydrogen (secondary N) is 1. The first kappa shape index (κ1) is 17.7. The first-order chi connectivity index (χ1) is 8.15. The molecule has 1 unspecified atom stereocenters. The number of hydrogen-bond donors (Lipinski definition) is 2. The Labute approximate surface area is 131 Å². The van der Waals surface area contributed by atoms with E-state index < -0.39 is 0 Å². The van der Waals surface area contributed by atoms with Gasteiger partial charge in [-0.15, -0.1) is 35.3 Å². The molecule has 1 aromatic heterocycles. The molecular formula is C12H23IN4S. The Balaban J connectivity index is 0.00000289. The summed E-state index contributed by atoms with van der Waals surface area (Å²) in [6.45, 7) is 3.67. The fourth-order valence-electron chi connectivity index (χ4n) is 1.48. The topological polar surface area (TPSA) is 53.6 Å². The third-order valence-electron chi connectivity index (χ3n) is 2.49. The van der Waals surface area contributed by atoms with Crippen LogP contribution in [-0.4, -0.2) is 38.0 Å². The third-order valence-corrected chi connectivity index (χ3v) is 3.46. The highest BCUT2D eigenvalue weighted by Crippen LogP contribution is 2.23. The number of guanidine groups is 1. The number of likely N-dealkylation sites (N-methyl/N-ethyl adjacent to an activating group) is 1. The van der Waals surface area contributed by atoms with Gasteiger partial charge in [0.25, 0.3) is 0 Å². The van der Waals surface area contributed by atoms with Crippen LogP contribution < -0.4 is 11.1 Å². The second-order valence-electron chi connectivity index (χ2n) is 4.15. The van der Waals surface area contributed by atoms with E-state index in [4.69, 9.17) is 5.73 Å². The van der Waals surface area contributed by atoms with Gasteiger partial charge in [0.15, 0.2) is 5.96 Å². The van der Waals surface area contributed by atoms with Crippen LogP contribution in [0.15, 0.2) is 22.5 Å². The molecule has 6 heteroatoms. The maximum atomic E-state index is 5.79. The van der Waals surface area contributed by atoms with Gasteiger partial charge in [-0.2, -0.15) is 0 Å². The van der Waals surface area contributed by atoms with Gasteiger partial charge in [-0.25, -0.2) is 0 Å². The zero-order valence-electron chi connectivity index (χ0n) is 11.2. The number of nitrogens with two attached hydrogens (primary N) is 1. The zero-order chi connectivity index (χ0) is 12.7. The quantitative estimate of drug-likeness (QED) is 0.451. The fraction of sp³-hybridized carbons (Fsp3) is 0.583. The monoisotopic (exact) mass is 382 g/mol. The molecule has 0 spiro atoms. The zero-order valence-corrected chi connectivity index (χ0v) is 14.4. The molecule has 3 N–H and O–H groups in total. The Morgan fingerprint density at radius 2 is 2.28 bits per heavy atom. The summed E-state index contributed by atoms with van der Waals surface area (Å²) in [6.07, 6.45) is 1.05. The molecule has 1 atom stereocenters. The molecule has 0 saturated carbocycles. The van der Waals surface area contributed by atoms with Gasteiger partial charge in [0.2, 0.25) is 0 Å². The number of halogens is 1. The normalized spacial score (nSPS) is 13.2. The molecule has 1 heterocycles. The minimum Gasteiger partial charge on any atom is -0.370 e. The highest BCUT2D eigenvalue weighted by atomic mass is 127. The molecule has 104 valence electrons. The van der Waals surface area contributed by atoms with E-state index in [1.54, 1.807) is 11.3 Å². The van der Waals surface area contributed by atoms with Crippen molar-refractivity contribution < 1.29 is 0 Å². The summed E-state index contributed by atoms with van der Waals surface area (Å²) in [7, 11) is 4.13. The minimum atomic E-state index is 0. The number of thiophene rings is 1. The van der Waals surface area contributed by atoms with Gasteiger partial charge in [-0.1, -0.05) is 13.0 Å². The maximum absolute atomic E-state index is 5.79. The molecule has 18 heavy (non-hydrogen) atoms. The summed E-state index contributed by atoms with van der Waals surface area (Å²) in [5, 5.41) is 5.18. The number of hydrogen-bond acceptors (Lipinski definition) is 3. The predicted octanol–water partition coefficient (Wildman–Crippen LogP) is 2.28. The second kappa shape index (κ2) is 9.57. The molecule has 0 bridgehead atoms. The first-order valence-electron chi connectivity index (χ1n) is 5.88. The Kier molecular flexibility index (Phi) is 9.39. The molecule has 1 rings (SSSR count). The predicted molar refractivity (Wildman–Crippen MR) is 90.9 cm³/mol. The SMILES string of the molecule is CCCNC(N)=NCC(c1cccs1)N(C)C.I. The molecule has 0 amide bonds. The van der Waals surface area contributed by atoms with Crippen LogP contribution in [0.1, 0.15) is 24.3 Å². The fourth-order valence-corrected chi connectivity index (χ4v) is 2.40. The molecule has 0 aliphatic heterocycles. The van der Waals surface area contributed by atoms with Gasteiger partial charge in [-0.05, 0) is 32.0 Å². The van der Waals surface area contributed by atoms with Crippen molar-refractivity contribution >= 4 is 41.3 Å². The summed E-state index contributed by atoms with van der Waals surface area (Å²) in [6, 6.07) is 4.51. The van der Waals surface area contributed by atoms with E-state index in [-0.39, 0.29) is 24.0 Å². The lowest BCUT2D eigenvalue weighted by molar-refractivity contribution is 0.310. The van der Waals surface area contributed by atoms with E-state index in [1.165, 1.54) is 4.88 Å². The van der Waals surface area contributed by atoms with Crippen LogP contribution in [-0.2, 0) is 0 Å². The lowest BCUT2D eigenvalue weighted by Gasteiger charge is -2.21. The highest BCUT2D eigenvalue weighted by Gasteiger charge is 2.14. The number of rotatable bonds is 6. The Hall–Kier alpha value is -0.340. The van der Waals surface area contributed by atoms with Crippen molar-refractivity contribution in [1.29, 1.82) is 0 Å². The Morgan fingerprint density at radius 3 is 2.78 bits per heavy atom. The molecule has 0 aromatic carbocycles. The molecular weight excluding hydrogens is 359 g/mol. The standard InChI is InChI=1S/C12H22N4S.HI/c1-4-7-14-12(13)15-9-10(16(2)3)11-6-5-8-17-11;/h5-6,8,10H,4,7,9H2,1-3H3,(H3,13,14,15);1H. The van der Waals surface area contributed by atoms with Crippen LogP contribution in [0, 0.1) is 0 Å². The van der Waals surface area contributed by atoms with Crippen molar-refractivity contribution in [1.82, 2.24) is 10.2 Å². The molecule has 0 radical (unpaired) electrons. The Bertz CT molecular complexity index is 338. The Morgan fingerprint density at radius 1 is 1.56 bits per heavy atom. The lowest BCUT2D eigenvalue weighted by atomic mass is 10.2. The van der Waals surface area contributed by atoms with E-state index in [1.807, 2.05) is 0 Å². The van der Waals surface area contributed by atoms with Gasteiger partial charge in [0.1, 0.15) is 0 Å². The van der Waals surface area contributed by atoms with E-state index in [0.717, 1.165) is 13.0 Å². The summed E-state index contributed by atoms with van der Waals surface area (Å²) < 4.78 is 0. The minimum absolute atomic E-state index is 0. The van der Waals surface area contributed by atoms with Crippen LogP contribution in [0.25, 0.3) is 0 Å². The number of nitrogens with zero attached hydrogens (tertiary/aromatic N) is 2. The average Bonchev–Trinajstić information content (AvgIpc) is 2.79. The molecule has 0 saturated heterocycles. The largest absolute Gasteiger partial charge is 0.370 e. The van der Waals surface area contributed by atoms with Crippen LogP contribution in [0.3, 0.4) is 0 Å². The van der Waals surface area contributed by atoms with Crippen molar-refractivity contribution in [3.05, 3.63) is 22.4 Å². The van der Waals surface area contributed by atoms with Crippen LogP contribution >= 0.6 is 35.3 Å². The van der Waals surface area contributed by atoms with E-state index in [2.05, 4.69) is 53.7 Å². The molecule has 0 aliphatic rings. The second-order valence-corrected chi connectivity index (χ2v) is 5.13. The van der Waals surface area contributed by atoms with Gasteiger partial charge in [0, 0.05) is 11.4 Å². The molecule has 0 aliphatic carbocycles. The van der Waals surface area contributed by atoms with Crippen LogP contribution in [0.4, 0.5) is 0 Å². The van der Waals surface area contributed by atoms with Gasteiger partial charge >= 0.3 is 0 Å². The lowest BCUT2D eigenvalue weighted by Crippen LogP contribution is -2.33. The van der Waals surface area contributed by atoms with E-state index >= 15 is 0 Å². The van der Waals surface area contributed by atoms with E-state index in [0.29, 0.717) is 18.5 Å². The van der Waals surface area contributed by atoms with Crippen LogP contribution in [0.2, 0.25) is 0 Å². The molecule has 4 nitrogen and oxygen atoms in total. The van der Waals surface area contributed by atoms with Crippen molar-refractivity contribution in [2.75, 3.05) is 27.2 Å². The highest BCUT2D eigenvalue weighted by molar-refractivity contribution is 14.0. The average molecular weight is 382 g/mol. The smallest absolute Gasteiger partial charge is 0.188 e. The van der Waals surface area contributed by atoms with Crippen molar-refractivity contribution in [3.8, 4) is 0 Å². The van der Waals surface area contributed by atoms with E-state index in [9.17, 15) is 0 Å². The van der Waals surface area contributed by atoms with Gasteiger partial charge in [0.05, 0.1) is 12.6 Å². The summed E-state index contributed by atoms with van der Waals surface area (Å²) in [4.78, 5) is 7.88. The maximum Gasteiger partial charge on any atom is 0.188 e. The molecule has 0 fully saturated rings. The first-order valence-corrected chi connectivity index (χ1v) is 6.76. The number of aliphatic imine (C=N–C) groups is 1. The summed E-state index contributed by atoms with van der Waals surface area (Å²) in [5.74, 6) is 0.537. The van der Waals surface area contributed by atoms with Gasteiger partial charge in [-0.3, -0.25) is 4.99 Å². The summed E-state index contributed by atoms with van der Waals surface area (Å²) in [5.41, 5.74) is 5.79. The third kappa shape index (κ3) is 6.01. The van der Waals surface area contributed by atoms with Crippen LogP contribution in [0.5, 0.6) is 0 Å². The summed E-state index contributed by atoms with van der Waals surface area (Å²) >= 11 is 1.76. The van der Waals surface area contributed by atoms with Crippen molar-refractivity contribution in [3.63, 3.8) is 0 Å². The van der Waals surface area contributed by atoms with Crippen molar-refractivity contribution in [2.45, 2.75) is 19.4 Å². The van der Waals surface area contributed by atoms with Crippen molar-refractivity contribution in [2.24, 2.45) is 10.7 Å². The molecule has 1 aromatic rings.